The lowest BCUT2D eigenvalue weighted by Crippen LogP contribution is -2.13. The summed E-state index contributed by atoms with van der Waals surface area (Å²) in [5, 5.41) is 9.85. The molecule has 82 valence electrons. The number of nitriles is 1. The van der Waals surface area contributed by atoms with Crippen molar-refractivity contribution < 1.29 is 4.79 Å². The standard InChI is InChI=1S/C12H9Cl2NO/c13-9-2-1-3-10(14)11(9)8(6-15)12(16)7-4-5-7/h1-3,7-8H,4-5H2. The van der Waals surface area contributed by atoms with E-state index in [-0.39, 0.29) is 11.7 Å². The molecule has 0 aliphatic heterocycles. The number of rotatable bonds is 3. The highest BCUT2D eigenvalue weighted by Crippen LogP contribution is 2.39. The van der Waals surface area contributed by atoms with Crippen LogP contribution in [0.15, 0.2) is 18.2 Å². The molecule has 1 aliphatic carbocycles. The first kappa shape index (κ1) is 11.4. The zero-order valence-electron chi connectivity index (χ0n) is 8.41. The Morgan fingerprint density at radius 3 is 2.38 bits per heavy atom. The van der Waals surface area contributed by atoms with Gasteiger partial charge in [-0.1, -0.05) is 29.3 Å². The van der Waals surface area contributed by atoms with Gasteiger partial charge in [-0.3, -0.25) is 4.79 Å². The van der Waals surface area contributed by atoms with Crippen molar-refractivity contribution in [2.45, 2.75) is 18.8 Å². The fraction of sp³-hybridized carbons (Fsp3) is 0.333. The van der Waals surface area contributed by atoms with Crippen LogP contribution in [0.4, 0.5) is 0 Å². The van der Waals surface area contributed by atoms with Crippen LogP contribution >= 0.6 is 23.2 Å². The summed E-state index contributed by atoms with van der Waals surface area (Å²) in [6.45, 7) is 0. The van der Waals surface area contributed by atoms with Crippen LogP contribution in [-0.2, 0) is 4.79 Å². The maximum Gasteiger partial charge on any atom is 0.157 e. The van der Waals surface area contributed by atoms with Crippen LogP contribution in [0.3, 0.4) is 0 Å². The fourth-order valence-electron chi connectivity index (χ4n) is 1.66. The predicted molar refractivity (Wildman–Crippen MR) is 62.5 cm³/mol. The fourth-order valence-corrected chi connectivity index (χ4v) is 2.28. The Morgan fingerprint density at radius 1 is 1.38 bits per heavy atom. The maximum absolute atomic E-state index is 11.9. The van der Waals surface area contributed by atoms with Gasteiger partial charge in [0.05, 0.1) is 6.07 Å². The van der Waals surface area contributed by atoms with Gasteiger partial charge in [0.1, 0.15) is 5.92 Å². The topological polar surface area (TPSA) is 40.9 Å². The second-order valence-corrected chi connectivity index (χ2v) is 4.69. The number of hydrogen-bond acceptors (Lipinski definition) is 2. The Morgan fingerprint density at radius 2 is 1.94 bits per heavy atom. The summed E-state index contributed by atoms with van der Waals surface area (Å²) in [6, 6.07) is 6.99. The highest BCUT2D eigenvalue weighted by atomic mass is 35.5. The molecule has 0 N–H and O–H groups in total. The van der Waals surface area contributed by atoms with Gasteiger partial charge in [0.25, 0.3) is 0 Å². The lowest BCUT2D eigenvalue weighted by molar-refractivity contribution is -0.120. The van der Waals surface area contributed by atoms with Crippen LogP contribution in [0.25, 0.3) is 0 Å². The van der Waals surface area contributed by atoms with E-state index in [1.807, 2.05) is 6.07 Å². The summed E-state index contributed by atoms with van der Waals surface area (Å²) in [5.74, 6) is -0.858. The molecule has 2 nitrogen and oxygen atoms in total. The van der Waals surface area contributed by atoms with Gasteiger partial charge in [-0.15, -0.1) is 0 Å². The third-order valence-electron chi connectivity index (χ3n) is 2.68. The van der Waals surface area contributed by atoms with Crippen LogP contribution in [0.2, 0.25) is 10.0 Å². The van der Waals surface area contributed by atoms with Crippen molar-refractivity contribution in [3.8, 4) is 6.07 Å². The minimum Gasteiger partial charge on any atom is -0.298 e. The van der Waals surface area contributed by atoms with Crippen LogP contribution in [0.1, 0.15) is 24.3 Å². The molecule has 0 heterocycles. The maximum atomic E-state index is 11.9. The molecule has 0 amide bonds. The Labute approximate surface area is 104 Å². The van der Waals surface area contributed by atoms with Crippen molar-refractivity contribution in [1.29, 1.82) is 5.26 Å². The molecular formula is C12H9Cl2NO. The minimum atomic E-state index is -0.825. The summed E-state index contributed by atoms with van der Waals surface area (Å²) < 4.78 is 0. The van der Waals surface area contributed by atoms with E-state index in [0.29, 0.717) is 15.6 Å². The van der Waals surface area contributed by atoms with E-state index in [2.05, 4.69) is 0 Å². The van der Waals surface area contributed by atoms with E-state index in [4.69, 9.17) is 28.5 Å². The SMILES string of the molecule is N#CC(C(=O)C1CC1)c1c(Cl)cccc1Cl. The highest BCUT2D eigenvalue weighted by Gasteiger charge is 2.37. The Bertz CT molecular complexity index is 454. The number of halogens is 2. The lowest BCUT2D eigenvalue weighted by Gasteiger charge is -2.11. The average molecular weight is 254 g/mol. The number of carbonyl (C=O) groups excluding carboxylic acids is 1. The molecule has 1 aromatic carbocycles. The third-order valence-corrected chi connectivity index (χ3v) is 3.34. The predicted octanol–water partition coefficient (Wildman–Crippen LogP) is 3.58. The molecule has 0 bridgehead atoms. The van der Waals surface area contributed by atoms with Gasteiger partial charge in [-0.05, 0) is 25.0 Å². The largest absolute Gasteiger partial charge is 0.298 e. The summed E-state index contributed by atoms with van der Waals surface area (Å²) in [4.78, 5) is 11.9. The number of benzene rings is 1. The van der Waals surface area contributed by atoms with Gasteiger partial charge in [0.2, 0.25) is 0 Å². The molecular weight excluding hydrogens is 245 g/mol. The number of carbonyl (C=O) groups is 1. The Hall–Kier alpha value is -1.04. The van der Waals surface area contributed by atoms with Gasteiger partial charge in [0, 0.05) is 21.5 Å². The molecule has 1 saturated carbocycles. The minimum absolute atomic E-state index is 0.0250. The van der Waals surface area contributed by atoms with E-state index >= 15 is 0 Å². The Kier molecular flexibility index (Phi) is 3.18. The van der Waals surface area contributed by atoms with Crippen LogP contribution in [0, 0.1) is 17.2 Å². The van der Waals surface area contributed by atoms with Crippen molar-refractivity contribution in [1.82, 2.24) is 0 Å². The van der Waals surface area contributed by atoms with Crippen molar-refractivity contribution in [3.63, 3.8) is 0 Å². The molecule has 1 fully saturated rings. The van der Waals surface area contributed by atoms with E-state index in [1.54, 1.807) is 18.2 Å². The molecule has 0 aromatic heterocycles. The molecule has 4 heteroatoms. The van der Waals surface area contributed by atoms with E-state index in [9.17, 15) is 4.79 Å². The van der Waals surface area contributed by atoms with Crippen molar-refractivity contribution in [2.75, 3.05) is 0 Å². The van der Waals surface area contributed by atoms with Crippen LogP contribution < -0.4 is 0 Å². The summed E-state index contributed by atoms with van der Waals surface area (Å²) in [7, 11) is 0. The second kappa shape index (κ2) is 4.45. The number of hydrogen-bond donors (Lipinski definition) is 0. The Balaban J connectivity index is 2.40. The molecule has 2 rings (SSSR count). The van der Waals surface area contributed by atoms with Gasteiger partial charge < -0.3 is 0 Å². The molecule has 1 atom stereocenters. The first-order chi connectivity index (χ1) is 7.65. The van der Waals surface area contributed by atoms with Crippen molar-refractivity contribution in [2.24, 2.45) is 5.92 Å². The highest BCUT2D eigenvalue weighted by molar-refractivity contribution is 6.36. The van der Waals surface area contributed by atoms with Gasteiger partial charge in [-0.25, -0.2) is 0 Å². The van der Waals surface area contributed by atoms with E-state index in [1.165, 1.54) is 0 Å². The second-order valence-electron chi connectivity index (χ2n) is 3.87. The molecule has 1 aromatic rings. The normalized spacial score (nSPS) is 16.6. The molecule has 0 radical (unpaired) electrons. The smallest absolute Gasteiger partial charge is 0.157 e. The monoisotopic (exact) mass is 253 g/mol. The summed E-state index contributed by atoms with van der Waals surface area (Å²) >= 11 is 12.0. The first-order valence-electron chi connectivity index (χ1n) is 5.02. The lowest BCUT2D eigenvalue weighted by atomic mass is 9.93. The van der Waals surface area contributed by atoms with Gasteiger partial charge in [-0.2, -0.15) is 5.26 Å². The summed E-state index contributed by atoms with van der Waals surface area (Å²) in [5.41, 5.74) is 0.449. The number of ketones is 1. The average Bonchev–Trinajstić information content (AvgIpc) is 3.06. The van der Waals surface area contributed by atoms with E-state index < -0.39 is 5.92 Å². The van der Waals surface area contributed by atoms with E-state index in [0.717, 1.165) is 12.8 Å². The zero-order chi connectivity index (χ0) is 11.7. The number of Topliss-reactive ketones (excluding diaryl/α,β-unsaturated/α-hetero) is 1. The van der Waals surface area contributed by atoms with Crippen LogP contribution in [0.5, 0.6) is 0 Å². The number of nitrogens with zero attached hydrogens (tertiary/aromatic N) is 1. The van der Waals surface area contributed by atoms with Gasteiger partial charge >= 0.3 is 0 Å². The zero-order valence-corrected chi connectivity index (χ0v) is 9.92. The molecule has 0 saturated heterocycles. The molecule has 16 heavy (non-hydrogen) atoms. The molecule has 0 spiro atoms. The van der Waals surface area contributed by atoms with Crippen molar-refractivity contribution >= 4 is 29.0 Å². The summed E-state index contributed by atoms with van der Waals surface area (Å²) in [6.07, 6.45) is 1.75. The van der Waals surface area contributed by atoms with Crippen molar-refractivity contribution in [3.05, 3.63) is 33.8 Å². The quantitative estimate of drug-likeness (QED) is 0.827. The third kappa shape index (κ3) is 2.07. The molecule has 1 aliphatic rings. The molecule has 1 unspecified atom stereocenters. The first-order valence-corrected chi connectivity index (χ1v) is 5.78. The van der Waals surface area contributed by atoms with Crippen LogP contribution in [-0.4, -0.2) is 5.78 Å². The van der Waals surface area contributed by atoms with Gasteiger partial charge in [0.15, 0.2) is 5.78 Å².